The van der Waals surface area contributed by atoms with Crippen LogP contribution in [0.2, 0.25) is 0 Å². The van der Waals surface area contributed by atoms with E-state index in [9.17, 15) is 9.18 Å². The molecule has 4 rings (SSSR count). The van der Waals surface area contributed by atoms with Gasteiger partial charge in [0, 0.05) is 30.5 Å². The predicted molar refractivity (Wildman–Crippen MR) is 101 cm³/mol. The molecule has 0 saturated heterocycles. The highest BCUT2D eigenvalue weighted by molar-refractivity contribution is 7.09. The van der Waals surface area contributed by atoms with E-state index in [2.05, 4.69) is 24.0 Å². The van der Waals surface area contributed by atoms with Crippen molar-refractivity contribution in [2.24, 2.45) is 5.92 Å². The number of carbonyl (C=O) groups excluding carboxylic acids is 1. The molecule has 6 nitrogen and oxygen atoms in total. The van der Waals surface area contributed by atoms with Gasteiger partial charge in [0.15, 0.2) is 11.6 Å². The molecule has 3 heterocycles. The van der Waals surface area contributed by atoms with E-state index in [0.29, 0.717) is 31.1 Å². The smallest absolute Gasteiger partial charge is 0.254 e. The molecule has 0 saturated carbocycles. The third kappa shape index (κ3) is 3.62. The minimum absolute atomic E-state index is 0.126. The van der Waals surface area contributed by atoms with E-state index >= 15 is 0 Å². The lowest BCUT2D eigenvalue weighted by molar-refractivity contribution is 0.0708. The molecule has 0 fully saturated rings. The minimum Gasteiger partial charge on any atom is -0.329 e. The number of amides is 1. The summed E-state index contributed by atoms with van der Waals surface area (Å²) in [5.74, 6) is 1.57. The first-order valence-electron chi connectivity index (χ1n) is 8.93. The van der Waals surface area contributed by atoms with Crippen LogP contribution in [0.4, 0.5) is 4.39 Å². The fourth-order valence-electron chi connectivity index (χ4n) is 3.15. The average molecular weight is 385 g/mol. The monoisotopic (exact) mass is 385 g/mol. The first-order valence-corrected chi connectivity index (χ1v) is 9.81. The third-order valence-electron chi connectivity index (χ3n) is 4.50. The highest BCUT2D eigenvalue weighted by atomic mass is 32.1. The van der Waals surface area contributed by atoms with Crippen LogP contribution >= 0.6 is 11.3 Å². The zero-order valence-electron chi connectivity index (χ0n) is 15.2. The molecule has 0 atom stereocenters. The number of aromatic nitrogens is 4. The Morgan fingerprint density at radius 3 is 2.74 bits per heavy atom. The largest absolute Gasteiger partial charge is 0.329 e. The van der Waals surface area contributed by atoms with Crippen LogP contribution in [0.1, 0.15) is 35.0 Å². The summed E-state index contributed by atoms with van der Waals surface area (Å²) < 4.78 is 15.1. The van der Waals surface area contributed by atoms with Gasteiger partial charge in [0.25, 0.3) is 5.91 Å². The topological polar surface area (TPSA) is 63.9 Å². The van der Waals surface area contributed by atoms with Crippen molar-refractivity contribution in [1.29, 1.82) is 0 Å². The molecule has 0 N–H and O–H groups in total. The van der Waals surface area contributed by atoms with Crippen molar-refractivity contribution < 1.29 is 9.18 Å². The second-order valence-corrected chi connectivity index (χ2v) is 7.99. The number of fused-ring (bicyclic) bond motifs is 1. The SMILES string of the molecule is CC(C)Cc1nc(-c2nnc3n2CCN(C(=O)c2ccc(F)cc2)C3)cs1. The fourth-order valence-corrected chi connectivity index (χ4v) is 4.14. The van der Waals surface area contributed by atoms with Gasteiger partial charge >= 0.3 is 0 Å². The molecular formula is C19H20FN5OS. The molecule has 1 aliphatic heterocycles. The van der Waals surface area contributed by atoms with E-state index in [4.69, 9.17) is 4.98 Å². The molecule has 0 radical (unpaired) electrons. The predicted octanol–water partition coefficient (Wildman–Crippen LogP) is 3.40. The van der Waals surface area contributed by atoms with E-state index in [1.54, 1.807) is 16.2 Å². The van der Waals surface area contributed by atoms with Gasteiger partial charge in [0.05, 0.1) is 11.6 Å². The average Bonchev–Trinajstić information content (AvgIpc) is 3.27. The number of carbonyl (C=O) groups is 1. The molecule has 140 valence electrons. The lowest BCUT2D eigenvalue weighted by atomic mass is 10.1. The molecule has 1 aliphatic rings. The molecule has 27 heavy (non-hydrogen) atoms. The summed E-state index contributed by atoms with van der Waals surface area (Å²) in [6.07, 6.45) is 0.950. The van der Waals surface area contributed by atoms with Crippen molar-refractivity contribution in [2.75, 3.05) is 6.54 Å². The molecule has 1 aromatic carbocycles. The van der Waals surface area contributed by atoms with E-state index in [1.807, 2.05) is 9.95 Å². The fraction of sp³-hybridized carbons (Fsp3) is 0.368. The molecular weight excluding hydrogens is 365 g/mol. The van der Waals surface area contributed by atoms with Gasteiger partial charge < -0.3 is 9.47 Å². The van der Waals surface area contributed by atoms with E-state index < -0.39 is 0 Å². The van der Waals surface area contributed by atoms with Crippen molar-refractivity contribution in [3.05, 3.63) is 51.9 Å². The first-order chi connectivity index (χ1) is 13.0. The standard InChI is InChI=1S/C19H20FN5OS/c1-12(2)9-17-21-15(11-27-17)18-23-22-16-10-24(7-8-25(16)18)19(26)13-3-5-14(20)6-4-13/h3-6,11-12H,7-10H2,1-2H3. The van der Waals surface area contributed by atoms with Crippen LogP contribution < -0.4 is 0 Å². The summed E-state index contributed by atoms with van der Waals surface area (Å²) >= 11 is 1.64. The second kappa shape index (κ2) is 7.19. The van der Waals surface area contributed by atoms with Gasteiger partial charge in [-0.1, -0.05) is 13.8 Å². The van der Waals surface area contributed by atoms with Crippen LogP contribution in [0.5, 0.6) is 0 Å². The summed E-state index contributed by atoms with van der Waals surface area (Å²) in [6.45, 7) is 5.89. The van der Waals surface area contributed by atoms with Gasteiger partial charge in [-0.3, -0.25) is 4.79 Å². The highest BCUT2D eigenvalue weighted by Crippen LogP contribution is 2.25. The van der Waals surface area contributed by atoms with Crippen LogP contribution in [0.3, 0.4) is 0 Å². The van der Waals surface area contributed by atoms with Crippen LogP contribution in [-0.4, -0.2) is 37.1 Å². The van der Waals surface area contributed by atoms with Crippen LogP contribution in [0.25, 0.3) is 11.5 Å². The van der Waals surface area contributed by atoms with Crippen molar-refractivity contribution in [3.8, 4) is 11.5 Å². The molecule has 0 spiro atoms. The maximum Gasteiger partial charge on any atom is 0.254 e. The quantitative estimate of drug-likeness (QED) is 0.691. The zero-order chi connectivity index (χ0) is 19.0. The maximum atomic E-state index is 13.1. The van der Waals surface area contributed by atoms with Gasteiger partial charge in [-0.2, -0.15) is 0 Å². The molecule has 3 aromatic rings. The van der Waals surface area contributed by atoms with E-state index in [1.165, 1.54) is 24.3 Å². The van der Waals surface area contributed by atoms with Gasteiger partial charge in [0.1, 0.15) is 11.5 Å². The molecule has 2 aromatic heterocycles. The molecule has 0 unspecified atom stereocenters. The van der Waals surface area contributed by atoms with Crippen LogP contribution in [0.15, 0.2) is 29.6 Å². The number of hydrogen-bond acceptors (Lipinski definition) is 5. The summed E-state index contributed by atoms with van der Waals surface area (Å²) in [4.78, 5) is 19.0. The summed E-state index contributed by atoms with van der Waals surface area (Å²) in [6, 6.07) is 5.62. The Labute approximate surface area is 160 Å². The Morgan fingerprint density at radius 2 is 2.00 bits per heavy atom. The van der Waals surface area contributed by atoms with E-state index in [-0.39, 0.29) is 11.7 Å². The molecule has 1 amide bonds. The minimum atomic E-state index is -0.352. The second-order valence-electron chi connectivity index (χ2n) is 7.05. The number of halogens is 1. The van der Waals surface area contributed by atoms with Crippen molar-refractivity contribution in [2.45, 2.75) is 33.4 Å². The Bertz CT molecular complexity index is 963. The summed E-state index contributed by atoms with van der Waals surface area (Å²) in [7, 11) is 0. The summed E-state index contributed by atoms with van der Waals surface area (Å²) in [5, 5.41) is 11.7. The Morgan fingerprint density at radius 1 is 1.22 bits per heavy atom. The highest BCUT2D eigenvalue weighted by Gasteiger charge is 2.26. The van der Waals surface area contributed by atoms with Gasteiger partial charge in [-0.05, 0) is 30.2 Å². The normalized spacial score (nSPS) is 13.9. The third-order valence-corrected chi connectivity index (χ3v) is 5.37. The number of thiazole rings is 1. The lowest BCUT2D eigenvalue weighted by Gasteiger charge is -2.27. The van der Waals surface area contributed by atoms with Crippen molar-refractivity contribution >= 4 is 17.2 Å². The maximum absolute atomic E-state index is 13.1. The number of rotatable bonds is 4. The van der Waals surface area contributed by atoms with Gasteiger partial charge in [0.2, 0.25) is 0 Å². The number of benzene rings is 1. The molecule has 0 aliphatic carbocycles. The Kier molecular flexibility index (Phi) is 4.73. The van der Waals surface area contributed by atoms with Crippen molar-refractivity contribution in [3.63, 3.8) is 0 Å². The van der Waals surface area contributed by atoms with Crippen LogP contribution in [0, 0.1) is 11.7 Å². The summed E-state index contributed by atoms with van der Waals surface area (Å²) in [5.41, 5.74) is 1.31. The van der Waals surface area contributed by atoms with Gasteiger partial charge in [-0.15, -0.1) is 21.5 Å². The zero-order valence-corrected chi connectivity index (χ0v) is 16.0. The van der Waals surface area contributed by atoms with E-state index in [0.717, 1.165) is 28.8 Å². The first kappa shape index (κ1) is 17.8. The number of nitrogens with zero attached hydrogens (tertiary/aromatic N) is 5. The Hall–Kier alpha value is -2.61. The van der Waals surface area contributed by atoms with Gasteiger partial charge in [-0.25, -0.2) is 9.37 Å². The molecule has 8 heteroatoms. The number of hydrogen-bond donors (Lipinski definition) is 0. The van der Waals surface area contributed by atoms with Crippen LogP contribution in [-0.2, 0) is 19.5 Å². The molecule has 0 bridgehead atoms. The lowest BCUT2D eigenvalue weighted by Crippen LogP contribution is -2.38. The van der Waals surface area contributed by atoms with Crippen molar-refractivity contribution in [1.82, 2.24) is 24.6 Å². The Balaban J connectivity index is 1.52.